The van der Waals surface area contributed by atoms with Gasteiger partial charge in [-0.25, -0.2) is 8.42 Å². The number of hydrogen-bond acceptors (Lipinski definition) is 4. The number of rotatable bonds is 8. The predicted octanol–water partition coefficient (Wildman–Crippen LogP) is 3.68. The molecule has 2 aromatic carbocycles. The van der Waals surface area contributed by atoms with Gasteiger partial charge in [-0.05, 0) is 44.0 Å². The van der Waals surface area contributed by atoms with Crippen LogP contribution in [0.4, 0.5) is 5.69 Å². The molecule has 6 nitrogen and oxygen atoms in total. The molecule has 0 radical (unpaired) electrons. The quantitative estimate of drug-likeness (QED) is 0.658. The van der Waals surface area contributed by atoms with Crippen molar-refractivity contribution in [3.05, 3.63) is 54.6 Å². The van der Waals surface area contributed by atoms with Gasteiger partial charge in [0.25, 0.3) is 10.0 Å². The SMILES string of the molecule is CCOc1ccccc1N(CC(=O)N(C)C1CCCC1)S(=O)(=O)c1ccccc1. The van der Waals surface area contributed by atoms with Crippen LogP contribution in [0.25, 0.3) is 0 Å². The molecule has 7 heteroatoms. The van der Waals surface area contributed by atoms with Crippen molar-refractivity contribution in [2.75, 3.05) is 24.5 Å². The van der Waals surface area contributed by atoms with Crippen LogP contribution in [-0.2, 0) is 14.8 Å². The summed E-state index contributed by atoms with van der Waals surface area (Å²) in [4.78, 5) is 14.9. The smallest absolute Gasteiger partial charge is 0.264 e. The Bertz CT molecular complexity index is 925. The molecule has 1 fully saturated rings. The Labute approximate surface area is 173 Å². The Morgan fingerprint density at radius 2 is 1.66 bits per heavy atom. The Balaban J connectivity index is 1.99. The van der Waals surface area contributed by atoms with Crippen LogP contribution in [0.15, 0.2) is 59.5 Å². The third-order valence-electron chi connectivity index (χ3n) is 5.31. The van der Waals surface area contributed by atoms with E-state index < -0.39 is 10.0 Å². The normalized spacial score (nSPS) is 14.6. The summed E-state index contributed by atoms with van der Waals surface area (Å²) in [5.41, 5.74) is 0.367. The molecule has 1 aliphatic rings. The molecular formula is C22H28N2O4S. The number of ether oxygens (including phenoxy) is 1. The molecule has 0 aliphatic heterocycles. The first kappa shape index (κ1) is 21.2. The van der Waals surface area contributed by atoms with Gasteiger partial charge in [0.15, 0.2) is 0 Å². The van der Waals surface area contributed by atoms with E-state index in [0.717, 1.165) is 25.7 Å². The second-order valence-corrected chi connectivity index (χ2v) is 9.03. The van der Waals surface area contributed by atoms with E-state index in [-0.39, 0.29) is 23.4 Å². The first-order chi connectivity index (χ1) is 13.9. The Kier molecular flexibility index (Phi) is 6.79. The van der Waals surface area contributed by atoms with Crippen molar-refractivity contribution < 1.29 is 17.9 Å². The minimum atomic E-state index is -3.94. The van der Waals surface area contributed by atoms with Gasteiger partial charge in [-0.1, -0.05) is 43.2 Å². The van der Waals surface area contributed by atoms with Gasteiger partial charge in [0.1, 0.15) is 12.3 Å². The molecule has 0 bridgehead atoms. The minimum Gasteiger partial charge on any atom is -0.492 e. The fraction of sp³-hybridized carbons (Fsp3) is 0.409. The Morgan fingerprint density at radius 3 is 2.31 bits per heavy atom. The summed E-state index contributed by atoms with van der Waals surface area (Å²) in [5, 5.41) is 0. The summed E-state index contributed by atoms with van der Waals surface area (Å²) in [7, 11) is -2.18. The molecule has 0 saturated heterocycles. The summed E-state index contributed by atoms with van der Waals surface area (Å²) in [6.45, 7) is 1.96. The van der Waals surface area contributed by atoms with Gasteiger partial charge in [0.05, 0.1) is 17.2 Å². The third kappa shape index (κ3) is 4.72. The van der Waals surface area contributed by atoms with Crippen LogP contribution in [0.5, 0.6) is 5.75 Å². The molecule has 0 unspecified atom stereocenters. The van der Waals surface area contributed by atoms with E-state index >= 15 is 0 Å². The highest BCUT2D eigenvalue weighted by atomic mass is 32.2. The molecule has 2 aromatic rings. The number of carbonyl (C=O) groups excluding carboxylic acids is 1. The second kappa shape index (κ2) is 9.31. The van der Waals surface area contributed by atoms with E-state index in [1.165, 1.54) is 16.4 Å². The van der Waals surface area contributed by atoms with E-state index in [9.17, 15) is 13.2 Å². The van der Waals surface area contributed by atoms with Gasteiger partial charge in [0.2, 0.25) is 5.91 Å². The summed E-state index contributed by atoms with van der Waals surface area (Å²) < 4.78 is 33.8. The van der Waals surface area contributed by atoms with Crippen molar-refractivity contribution in [1.82, 2.24) is 4.90 Å². The summed E-state index contributed by atoms with van der Waals surface area (Å²) >= 11 is 0. The summed E-state index contributed by atoms with van der Waals surface area (Å²) in [5.74, 6) is 0.216. The third-order valence-corrected chi connectivity index (χ3v) is 7.08. The Morgan fingerprint density at radius 1 is 1.03 bits per heavy atom. The zero-order valence-electron chi connectivity index (χ0n) is 17.0. The number of carbonyl (C=O) groups is 1. The van der Waals surface area contributed by atoms with Crippen LogP contribution >= 0.6 is 0 Å². The first-order valence-electron chi connectivity index (χ1n) is 10.0. The molecule has 0 heterocycles. The van der Waals surface area contributed by atoms with E-state index in [2.05, 4.69) is 0 Å². The van der Waals surface area contributed by atoms with E-state index in [1.807, 2.05) is 6.92 Å². The average Bonchev–Trinajstić information content (AvgIpc) is 3.27. The lowest BCUT2D eigenvalue weighted by Gasteiger charge is -2.30. The van der Waals surface area contributed by atoms with E-state index in [0.29, 0.717) is 18.0 Å². The number of sulfonamides is 1. The van der Waals surface area contributed by atoms with Crippen molar-refractivity contribution in [3.8, 4) is 5.75 Å². The average molecular weight is 417 g/mol. The number of anilines is 1. The van der Waals surface area contributed by atoms with Crippen molar-refractivity contribution >= 4 is 21.6 Å². The monoisotopic (exact) mass is 416 g/mol. The van der Waals surface area contributed by atoms with Gasteiger partial charge < -0.3 is 9.64 Å². The van der Waals surface area contributed by atoms with Gasteiger partial charge in [-0.15, -0.1) is 0 Å². The van der Waals surface area contributed by atoms with Crippen LogP contribution in [0.1, 0.15) is 32.6 Å². The molecule has 0 aromatic heterocycles. The first-order valence-corrected chi connectivity index (χ1v) is 11.4. The van der Waals surface area contributed by atoms with Crippen LogP contribution < -0.4 is 9.04 Å². The van der Waals surface area contributed by atoms with Crippen LogP contribution in [0.2, 0.25) is 0 Å². The lowest BCUT2D eigenvalue weighted by atomic mass is 10.2. The molecule has 3 rings (SSSR count). The highest BCUT2D eigenvalue weighted by molar-refractivity contribution is 7.92. The topological polar surface area (TPSA) is 66.9 Å². The molecule has 0 atom stereocenters. The lowest BCUT2D eigenvalue weighted by molar-refractivity contribution is -0.130. The Hall–Kier alpha value is -2.54. The van der Waals surface area contributed by atoms with Gasteiger partial charge in [-0.2, -0.15) is 0 Å². The van der Waals surface area contributed by atoms with Crippen molar-refractivity contribution in [1.29, 1.82) is 0 Å². The van der Waals surface area contributed by atoms with Crippen LogP contribution in [-0.4, -0.2) is 45.5 Å². The zero-order valence-corrected chi connectivity index (χ0v) is 17.8. The van der Waals surface area contributed by atoms with Crippen molar-refractivity contribution in [2.45, 2.75) is 43.5 Å². The molecule has 1 amide bonds. The molecule has 1 saturated carbocycles. The standard InChI is InChI=1S/C22H28N2O4S/c1-3-28-21-16-10-9-15-20(21)24(29(26,27)19-13-5-4-6-14-19)17-22(25)23(2)18-11-7-8-12-18/h4-6,9-10,13-16,18H,3,7-8,11-12,17H2,1-2H3. The molecule has 0 N–H and O–H groups in total. The van der Waals surface area contributed by atoms with E-state index in [4.69, 9.17) is 4.74 Å². The fourth-order valence-electron chi connectivity index (χ4n) is 3.69. The molecule has 1 aliphatic carbocycles. The number of likely N-dealkylation sites (N-methyl/N-ethyl adjacent to an activating group) is 1. The van der Waals surface area contributed by atoms with Crippen LogP contribution in [0, 0.1) is 0 Å². The van der Waals surface area contributed by atoms with Crippen molar-refractivity contribution in [3.63, 3.8) is 0 Å². The number of para-hydroxylation sites is 2. The minimum absolute atomic E-state index is 0.141. The summed E-state index contributed by atoms with van der Waals surface area (Å²) in [6.07, 6.45) is 4.12. The largest absolute Gasteiger partial charge is 0.492 e. The molecule has 156 valence electrons. The predicted molar refractivity (Wildman–Crippen MR) is 114 cm³/mol. The fourth-order valence-corrected chi connectivity index (χ4v) is 5.14. The highest BCUT2D eigenvalue weighted by Gasteiger charge is 2.32. The molecule has 29 heavy (non-hydrogen) atoms. The lowest BCUT2D eigenvalue weighted by Crippen LogP contribution is -2.44. The number of amides is 1. The van der Waals surface area contributed by atoms with E-state index in [1.54, 1.807) is 54.4 Å². The van der Waals surface area contributed by atoms with Gasteiger partial charge >= 0.3 is 0 Å². The van der Waals surface area contributed by atoms with Gasteiger partial charge in [-0.3, -0.25) is 9.10 Å². The second-order valence-electron chi connectivity index (χ2n) is 7.17. The molecule has 0 spiro atoms. The molecular weight excluding hydrogens is 388 g/mol. The van der Waals surface area contributed by atoms with Gasteiger partial charge in [0, 0.05) is 13.1 Å². The maximum absolute atomic E-state index is 13.5. The number of nitrogens with zero attached hydrogens (tertiary/aromatic N) is 2. The maximum atomic E-state index is 13.5. The maximum Gasteiger partial charge on any atom is 0.264 e. The zero-order chi connectivity index (χ0) is 20.9. The number of benzene rings is 2. The summed E-state index contributed by atoms with van der Waals surface area (Å²) in [6, 6.07) is 15.3. The van der Waals surface area contributed by atoms with Crippen molar-refractivity contribution in [2.24, 2.45) is 0 Å². The number of hydrogen-bond donors (Lipinski definition) is 0. The van der Waals surface area contributed by atoms with Crippen LogP contribution in [0.3, 0.4) is 0 Å². The highest BCUT2D eigenvalue weighted by Crippen LogP contribution is 2.33.